The van der Waals surface area contributed by atoms with Crippen molar-refractivity contribution in [3.05, 3.63) is 34.3 Å². The van der Waals surface area contributed by atoms with Crippen LogP contribution in [0.4, 0.5) is 0 Å². The molecule has 2 heteroatoms. The minimum atomic E-state index is 0.487. The monoisotopic (exact) mass is 239 g/mol. The first-order valence-corrected chi connectivity index (χ1v) is 5.56. The summed E-state index contributed by atoms with van der Waals surface area (Å²) in [6, 6.07) is 9.80. The lowest BCUT2D eigenvalue weighted by Gasteiger charge is -2.13. The second-order valence-electron chi connectivity index (χ2n) is 3.71. The van der Waals surface area contributed by atoms with Crippen molar-refractivity contribution in [1.82, 2.24) is 5.32 Å². The molecule has 1 N–H and O–H groups in total. The van der Waals surface area contributed by atoms with Crippen molar-refractivity contribution in [1.29, 1.82) is 0 Å². The summed E-state index contributed by atoms with van der Waals surface area (Å²) < 4.78 is 1.15. The molecule has 0 radical (unpaired) electrons. The zero-order valence-electron chi connectivity index (χ0n) is 7.76. The molecule has 1 fully saturated rings. The molecule has 0 amide bonds. The maximum Gasteiger partial charge on any atom is 0.0294 e. The highest BCUT2D eigenvalue weighted by Crippen LogP contribution is 2.24. The number of hydrogen-bond acceptors (Lipinski definition) is 1. The van der Waals surface area contributed by atoms with Gasteiger partial charge in [-0.2, -0.15) is 0 Å². The van der Waals surface area contributed by atoms with E-state index in [2.05, 4.69) is 52.4 Å². The lowest BCUT2D eigenvalue weighted by Crippen LogP contribution is -2.20. The predicted octanol–water partition coefficient (Wildman–Crippen LogP) is 3.26. The Labute approximate surface area is 87.7 Å². The van der Waals surface area contributed by atoms with Crippen LogP contribution in [0.5, 0.6) is 0 Å². The fourth-order valence-electron chi connectivity index (χ4n) is 1.45. The third-order valence-corrected chi connectivity index (χ3v) is 2.96. The SMILES string of the molecule is CC(NC1CC1)c1ccc(Br)cc1. The first-order chi connectivity index (χ1) is 6.25. The van der Waals surface area contributed by atoms with Crippen LogP contribution < -0.4 is 5.32 Å². The van der Waals surface area contributed by atoms with Gasteiger partial charge in [-0.05, 0) is 37.5 Å². The van der Waals surface area contributed by atoms with Gasteiger partial charge in [-0.3, -0.25) is 0 Å². The minimum Gasteiger partial charge on any atom is -0.307 e. The van der Waals surface area contributed by atoms with Crippen LogP contribution in [0.15, 0.2) is 28.7 Å². The van der Waals surface area contributed by atoms with Crippen LogP contribution in [0.2, 0.25) is 0 Å². The van der Waals surface area contributed by atoms with Gasteiger partial charge in [-0.25, -0.2) is 0 Å². The van der Waals surface area contributed by atoms with Crippen LogP contribution in [0.1, 0.15) is 31.4 Å². The van der Waals surface area contributed by atoms with E-state index in [0.29, 0.717) is 6.04 Å². The first kappa shape index (κ1) is 9.22. The molecule has 0 aromatic heterocycles. The van der Waals surface area contributed by atoms with E-state index < -0.39 is 0 Å². The molecule has 1 aliphatic carbocycles. The van der Waals surface area contributed by atoms with Gasteiger partial charge >= 0.3 is 0 Å². The van der Waals surface area contributed by atoms with Crippen molar-refractivity contribution in [2.75, 3.05) is 0 Å². The van der Waals surface area contributed by atoms with Gasteiger partial charge in [0, 0.05) is 16.6 Å². The summed E-state index contributed by atoms with van der Waals surface area (Å²) in [5.74, 6) is 0. The topological polar surface area (TPSA) is 12.0 Å². The average Bonchev–Trinajstić information content (AvgIpc) is 2.89. The van der Waals surface area contributed by atoms with E-state index in [4.69, 9.17) is 0 Å². The lowest BCUT2D eigenvalue weighted by atomic mass is 10.1. The molecule has 1 aromatic rings. The summed E-state index contributed by atoms with van der Waals surface area (Å²) >= 11 is 3.44. The number of hydrogen-bond donors (Lipinski definition) is 1. The molecule has 1 aromatic carbocycles. The highest BCUT2D eigenvalue weighted by Gasteiger charge is 2.22. The maximum atomic E-state index is 3.57. The third-order valence-electron chi connectivity index (χ3n) is 2.43. The van der Waals surface area contributed by atoms with E-state index in [9.17, 15) is 0 Å². The minimum absolute atomic E-state index is 0.487. The second kappa shape index (κ2) is 3.81. The Hall–Kier alpha value is -0.340. The summed E-state index contributed by atoms with van der Waals surface area (Å²) in [4.78, 5) is 0. The Kier molecular flexibility index (Phi) is 2.70. The molecule has 1 aliphatic rings. The maximum absolute atomic E-state index is 3.57. The highest BCUT2D eigenvalue weighted by molar-refractivity contribution is 9.10. The smallest absolute Gasteiger partial charge is 0.0294 e. The van der Waals surface area contributed by atoms with Crippen molar-refractivity contribution in [2.24, 2.45) is 0 Å². The molecule has 1 atom stereocenters. The fourth-order valence-corrected chi connectivity index (χ4v) is 1.72. The van der Waals surface area contributed by atoms with Gasteiger partial charge in [-0.1, -0.05) is 28.1 Å². The number of nitrogens with one attached hydrogen (secondary N) is 1. The molecule has 1 unspecified atom stereocenters. The van der Waals surface area contributed by atoms with Gasteiger partial charge in [0.15, 0.2) is 0 Å². The van der Waals surface area contributed by atoms with Gasteiger partial charge in [0.05, 0.1) is 0 Å². The second-order valence-corrected chi connectivity index (χ2v) is 4.63. The Morgan fingerprint density at radius 3 is 2.46 bits per heavy atom. The molecular formula is C11H14BrN. The standard InChI is InChI=1S/C11H14BrN/c1-8(13-11-6-7-11)9-2-4-10(12)5-3-9/h2-5,8,11,13H,6-7H2,1H3. The fraction of sp³-hybridized carbons (Fsp3) is 0.455. The summed E-state index contributed by atoms with van der Waals surface area (Å²) in [5.41, 5.74) is 1.37. The van der Waals surface area contributed by atoms with Crippen molar-refractivity contribution in [3.8, 4) is 0 Å². The highest BCUT2D eigenvalue weighted by atomic mass is 79.9. The summed E-state index contributed by atoms with van der Waals surface area (Å²) in [6.45, 7) is 2.22. The quantitative estimate of drug-likeness (QED) is 0.855. The molecule has 2 rings (SSSR count). The summed E-state index contributed by atoms with van der Waals surface area (Å²) in [6.07, 6.45) is 2.70. The van der Waals surface area contributed by atoms with Crippen LogP contribution in [-0.2, 0) is 0 Å². The van der Waals surface area contributed by atoms with Crippen LogP contribution in [-0.4, -0.2) is 6.04 Å². The van der Waals surface area contributed by atoms with Crippen LogP contribution in [0.3, 0.4) is 0 Å². The van der Waals surface area contributed by atoms with E-state index in [1.165, 1.54) is 18.4 Å². The van der Waals surface area contributed by atoms with Crippen molar-refractivity contribution in [2.45, 2.75) is 31.8 Å². The lowest BCUT2D eigenvalue weighted by molar-refractivity contribution is 0.571. The Bertz CT molecular complexity index is 277. The van der Waals surface area contributed by atoms with E-state index in [0.717, 1.165) is 10.5 Å². The van der Waals surface area contributed by atoms with Crippen LogP contribution in [0, 0.1) is 0 Å². The number of rotatable bonds is 3. The molecule has 0 spiro atoms. The third kappa shape index (κ3) is 2.55. The van der Waals surface area contributed by atoms with E-state index in [-0.39, 0.29) is 0 Å². The molecule has 0 heterocycles. The molecule has 0 aliphatic heterocycles. The summed E-state index contributed by atoms with van der Waals surface area (Å²) in [5, 5.41) is 3.57. The molecule has 0 saturated heterocycles. The average molecular weight is 240 g/mol. The van der Waals surface area contributed by atoms with Crippen LogP contribution in [0.25, 0.3) is 0 Å². The van der Waals surface area contributed by atoms with Gasteiger partial charge in [-0.15, -0.1) is 0 Å². The van der Waals surface area contributed by atoms with Crippen LogP contribution >= 0.6 is 15.9 Å². The predicted molar refractivity (Wildman–Crippen MR) is 58.7 cm³/mol. The van der Waals surface area contributed by atoms with Gasteiger partial charge < -0.3 is 5.32 Å². The zero-order chi connectivity index (χ0) is 9.26. The number of halogens is 1. The van der Waals surface area contributed by atoms with E-state index in [1.54, 1.807) is 0 Å². The van der Waals surface area contributed by atoms with E-state index in [1.807, 2.05) is 0 Å². The van der Waals surface area contributed by atoms with Gasteiger partial charge in [0.25, 0.3) is 0 Å². The van der Waals surface area contributed by atoms with Gasteiger partial charge in [0.2, 0.25) is 0 Å². The number of benzene rings is 1. The molecule has 70 valence electrons. The Balaban J connectivity index is 2.01. The van der Waals surface area contributed by atoms with Gasteiger partial charge in [0.1, 0.15) is 0 Å². The summed E-state index contributed by atoms with van der Waals surface area (Å²) in [7, 11) is 0. The van der Waals surface area contributed by atoms with Crippen molar-refractivity contribution < 1.29 is 0 Å². The molecule has 1 saturated carbocycles. The zero-order valence-corrected chi connectivity index (χ0v) is 9.34. The molecule has 1 nitrogen and oxygen atoms in total. The Morgan fingerprint density at radius 2 is 1.92 bits per heavy atom. The van der Waals surface area contributed by atoms with Crippen molar-refractivity contribution >= 4 is 15.9 Å². The molecular weight excluding hydrogens is 226 g/mol. The molecule has 13 heavy (non-hydrogen) atoms. The molecule has 0 bridgehead atoms. The first-order valence-electron chi connectivity index (χ1n) is 4.77. The largest absolute Gasteiger partial charge is 0.307 e. The van der Waals surface area contributed by atoms with Crippen molar-refractivity contribution in [3.63, 3.8) is 0 Å². The normalized spacial score (nSPS) is 18.6. The van der Waals surface area contributed by atoms with E-state index >= 15 is 0 Å². The Morgan fingerprint density at radius 1 is 1.31 bits per heavy atom.